The number of alkyl carbamates (subject to hydrolysis) is 1. The number of unbranched alkanes of at least 4 members (excludes halogenated alkanes) is 14. The Morgan fingerprint density at radius 3 is 2.05 bits per heavy atom. The quantitative estimate of drug-likeness (QED) is 0.0999. The van der Waals surface area contributed by atoms with Crippen LogP contribution in [0.25, 0.3) is 0 Å². The summed E-state index contributed by atoms with van der Waals surface area (Å²) < 4.78 is 31.4. The minimum Gasteiger partial charge on any atom is -0.466 e. The molecular weight excluding hydrogens is 476 g/mol. The van der Waals surface area contributed by atoms with Gasteiger partial charge in [-0.1, -0.05) is 96.8 Å². The van der Waals surface area contributed by atoms with Crippen LogP contribution in [0.15, 0.2) is 16.9 Å². The predicted molar refractivity (Wildman–Crippen MR) is 144 cm³/mol. The molecule has 1 heterocycles. The molecule has 0 spiro atoms. The molecule has 1 aromatic rings. The maximum Gasteiger partial charge on any atom is 0.407 e. The Morgan fingerprint density at radius 1 is 0.865 bits per heavy atom. The van der Waals surface area contributed by atoms with Crippen molar-refractivity contribution < 1.29 is 33.0 Å². The second-order valence-electron chi connectivity index (χ2n) is 9.44. The van der Waals surface area contributed by atoms with Gasteiger partial charge in [-0.25, -0.2) is 4.79 Å². The SMILES string of the molecule is CCCCCCCCCCCCCCCCCNC(=O)OC[C@H](COCOCCOC)Oc1ccon1. The number of carbonyl (C=O) groups excluding carboxylic acids is 1. The molecule has 0 saturated heterocycles. The van der Waals surface area contributed by atoms with Gasteiger partial charge in [-0.15, -0.1) is 0 Å². The van der Waals surface area contributed by atoms with E-state index in [9.17, 15) is 4.79 Å². The number of nitrogens with zero attached hydrogens (tertiary/aromatic N) is 1. The number of carbonyl (C=O) groups is 1. The lowest BCUT2D eigenvalue weighted by Gasteiger charge is -2.17. The van der Waals surface area contributed by atoms with Gasteiger partial charge in [-0.05, 0) is 11.6 Å². The number of amides is 1. The number of rotatable bonds is 27. The molecule has 0 aliphatic carbocycles. The predicted octanol–water partition coefficient (Wildman–Crippen LogP) is 6.66. The van der Waals surface area contributed by atoms with Crippen LogP contribution >= 0.6 is 0 Å². The highest BCUT2D eigenvalue weighted by molar-refractivity contribution is 5.67. The van der Waals surface area contributed by atoms with Crippen LogP contribution in [-0.4, -0.2) is 64.2 Å². The van der Waals surface area contributed by atoms with Crippen LogP contribution in [0.2, 0.25) is 0 Å². The number of aromatic nitrogens is 1. The zero-order valence-electron chi connectivity index (χ0n) is 23.4. The summed E-state index contributed by atoms with van der Waals surface area (Å²) in [5, 5.41) is 6.52. The maximum absolute atomic E-state index is 12.0. The Bertz CT molecular complexity index is 601. The van der Waals surface area contributed by atoms with Crippen LogP contribution in [0.1, 0.15) is 103 Å². The van der Waals surface area contributed by atoms with Gasteiger partial charge in [0.25, 0.3) is 5.88 Å². The van der Waals surface area contributed by atoms with Crippen LogP contribution in [0.3, 0.4) is 0 Å². The summed E-state index contributed by atoms with van der Waals surface area (Å²) in [4.78, 5) is 12.0. The van der Waals surface area contributed by atoms with Crippen molar-refractivity contribution >= 4 is 6.09 Å². The minimum atomic E-state index is -0.535. The fourth-order valence-electron chi connectivity index (χ4n) is 3.90. The molecule has 9 heteroatoms. The fourth-order valence-corrected chi connectivity index (χ4v) is 3.90. The minimum absolute atomic E-state index is 0.0234. The Kier molecular flexibility index (Phi) is 23.1. The Labute approximate surface area is 224 Å². The Balaban J connectivity index is 1.97. The van der Waals surface area contributed by atoms with E-state index in [1.165, 1.54) is 89.7 Å². The summed E-state index contributed by atoms with van der Waals surface area (Å²) in [6, 6.07) is 1.58. The van der Waals surface area contributed by atoms with Gasteiger partial charge in [0.05, 0.1) is 19.8 Å². The topological polar surface area (TPSA) is 101 Å². The summed E-state index contributed by atoms with van der Waals surface area (Å²) in [5.74, 6) is 0.302. The van der Waals surface area contributed by atoms with Crippen molar-refractivity contribution in [1.29, 1.82) is 0 Å². The van der Waals surface area contributed by atoms with Crippen LogP contribution in [0, 0.1) is 0 Å². The monoisotopic (exact) mass is 528 g/mol. The molecule has 216 valence electrons. The lowest BCUT2D eigenvalue weighted by molar-refractivity contribution is -0.0898. The zero-order valence-corrected chi connectivity index (χ0v) is 23.4. The lowest BCUT2D eigenvalue weighted by Crippen LogP contribution is -2.34. The van der Waals surface area contributed by atoms with Gasteiger partial charge in [0, 0.05) is 19.7 Å². The number of ether oxygens (including phenoxy) is 5. The third-order valence-electron chi connectivity index (χ3n) is 6.05. The molecule has 0 aliphatic rings. The number of methoxy groups -OCH3 is 1. The van der Waals surface area contributed by atoms with Gasteiger partial charge in [-0.2, -0.15) is 0 Å². The largest absolute Gasteiger partial charge is 0.466 e. The van der Waals surface area contributed by atoms with Crippen molar-refractivity contribution in [3.8, 4) is 5.88 Å². The van der Waals surface area contributed by atoms with E-state index < -0.39 is 12.2 Å². The van der Waals surface area contributed by atoms with Crippen LogP contribution in [-0.2, 0) is 18.9 Å². The molecule has 0 fully saturated rings. The van der Waals surface area contributed by atoms with Gasteiger partial charge in [0.15, 0.2) is 6.10 Å². The summed E-state index contributed by atoms with van der Waals surface area (Å²) in [5.41, 5.74) is 0. The van der Waals surface area contributed by atoms with E-state index in [1.807, 2.05) is 0 Å². The van der Waals surface area contributed by atoms with Crippen LogP contribution < -0.4 is 10.1 Å². The van der Waals surface area contributed by atoms with Gasteiger partial charge < -0.3 is 33.5 Å². The number of nitrogens with one attached hydrogen (secondary N) is 1. The van der Waals surface area contributed by atoms with Crippen molar-refractivity contribution in [3.05, 3.63) is 12.3 Å². The summed E-state index contributed by atoms with van der Waals surface area (Å²) in [6.45, 7) is 4.09. The highest BCUT2D eigenvalue weighted by atomic mass is 16.7. The summed E-state index contributed by atoms with van der Waals surface area (Å²) >= 11 is 0. The molecule has 1 N–H and O–H groups in total. The lowest BCUT2D eigenvalue weighted by atomic mass is 10.0. The molecule has 1 rings (SSSR count). The van der Waals surface area contributed by atoms with E-state index in [2.05, 4.69) is 17.4 Å². The number of hydrogen-bond acceptors (Lipinski definition) is 8. The standard InChI is InChI=1S/C28H52N2O7/c1-3-4-5-6-7-8-9-10-11-12-13-14-15-16-17-19-29-28(31)35-24-26(37-27-18-20-36-30-27)23-34-25-33-22-21-32-2/h18,20,26H,3-17,19,21-25H2,1-2H3,(H,29,31)/t26-/m0/s1. The number of hydrogen-bond donors (Lipinski definition) is 1. The molecule has 1 aromatic heterocycles. The van der Waals surface area contributed by atoms with Gasteiger partial charge >= 0.3 is 6.09 Å². The zero-order chi connectivity index (χ0) is 26.7. The molecule has 1 atom stereocenters. The Morgan fingerprint density at radius 2 is 1.49 bits per heavy atom. The highest BCUT2D eigenvalue weighted by Crippen LogP contribution is 2.13. The summed E-state index contributed by atoms with van der Waals surface area (Å²) in [7, 11) is 1.61. The molecular formula is C28H52N2O7. The second-order valence-corrected chi connectivity index (χ2v) is 9.44. The van der Waals surface area contributed by atoms with E-state index in [-0.39, 0.29) is 20.0 Å². The smallest absolute Gasteiger partial charge is 0.407 e. The van der Waals surface area contributed by atoms with E-state index in [0.29, 0.717) is 25.6 Å². The average molecular weight is 529 g/mol. The molecule has 0 bridgehead atoms. The van der Waals surface area contributed by atoms with Crippen molar-refractivity contribution in [2.45, 2.75) is 109 Å². The molecule has 0 unspecified atom stereocenters. The molecule has 0 aliphatic heterocycles. The van der Waals surface area contributed by atoms with Crippen molar-refractivity contribution in [1.82, 2.24) is 10.5 Å². The van der Waals surface area contributed by atoms with Gasteiger partial charge in [0.1, 0.15) is 19.7 Å². The first kappa shape index (κ1) is 33.2. The van der Waals surface area contributed by atoms with Gasteiger partial charge in [-0.3, -0.25) is 0 Å². The first-order chi connectivity index (χ1) is 18.3. The third-order valence-corrected chi connectivity index (χ3v) is 6.05. The third kappa shape index (κ3) is 21.9. The highest BCUT2D eigenvalue weighted by Gasteiger charge is 2.16. The molecule has 1 amide bonds. The van der Waals surface area contributed by atoms with Crippen LogP contribution in [0.4, 0.5) is 4.79 Å². The van der Waals surface area contributed by atoms with Crippen molar-refractivity contribution in [2.75, 3.05) is 46.9 Å². The fraction of sp³-hybridized carbons (Fsp3) is 0.857. The van der Waals surface area contributed by atoms with E-state index in [1.54, 1.807) is 13.2 Å². The average Bonchev–Trinajstić information content (AvgIpc) is 3.42. The van der Waals surface area contributed by atoms with Crippen molar-refractivity contribution in [2.24, 2.45) is 0 Å². The maximum atomic E-state index is 12.0. The first-order valence-electron chi connectivity index (χ1n) is 14.4. The van der Waals surface area contributed by atoms with E-state index in [0.717, 1.165) is 12.8 Å². The van der Waals surface area contributed by atoms with E-state index >= 15 is 0 Å². The van der Waals surface area contributed by atoms with Gasteiger partial charge in [0.2, 0.25) is 0 Å². The summed E-state index contributed by atoms with van der Waals surface area (Å²) in [6.07, 6.45) is 20.2. The molecule has 9 nitrogen and oxygen atoms in total. The van der Waals surface area contributed by atoms with E-state index in [4.69, 9.17) is 28.2 Å². The van der Waals surface area contributed by atoms with Crippen LogP contribution in [0.5, 0.6) is 5.88 Å². The first-order valence-corrected chi connectivity index (χ1v) is 14.4. The Hall–Kier alpha value is -1.84. The molecule has 37 heavy (non-hydrogen) atoms. The molecule has 0 saturated carbocycles. The molecule has 0 radical (unpaired) electrons. The van der Waals surface area contributed by atoms with Crippen molar-refractivity contribution in [3.63, 3.8) is 0 Å². The normalized spacial score (nSPS) is 11.9. The molecule has 0 aromatic carbocycles. The second kappa shape index (κ2) is 25.8.